The third-order valence-electron chi connectivity index (χ3n) is 2.56. The third-order valence-corrected chi connectivity index (χ3v) is 2.56. The first-order valence-corrected chi connectivity index (χ1v) is 4.86. The summed E-state index contributed by atoms with van der Waals surface area (Å²) in [6, 6.07) is 0. The van der Waals surface area contributed by atoms with E-state index in [2.05, 4.69) is 13.5 Å². The van der Waals surface area contributed by atoms with Crippen molar-refractivity contribution in [1.82, 2.24) is 0 Å². The number of carbonyl (C=O) groups is 1. The molecule has 0 aromatic heterocycles. The van der Waals surface area contributed by atoms with Crippen molar-refractivity contribution < 1.29 is 9.53 Å². The first-order chi connectivity index (χ1) is 6.16. The second-order valence-electron chi connectivity index (χ2n) is 3.37. The zero-order valence-electron chi connectivity index (χ0n) is 8.93. The lowest BCUT2D eigenvalue weighted by Gasteiger charge is -2.28. The predicted octanol–water partition coefficient (Wildman–Crippen LogP) is 2.93. The molecule has 0 rings (SSSR count). The van der Waals surface area contributed by atoms with Crippen LogP contribution in [0.15, 0.2) is 12.7 Å². The summed E-state index contributed by atoms with van der Waals surface area (Å²) in [5.74, 6) is -0.100. The van der Waals surface area contributed by atoms with E-state index in [-0.39, 0.29) is 11.4 Å². The van der Waals surface area contributed by atoms with Gasteiger partial charge in [0.25, 0.3) is 0 Å². The molecule has 13 heavy (non-hydrogen) atoms. The zero-order valence-corrected chi connectivity index (χ0v) is 8.93. The normalized spacial score (nSPS) is 14.7. The van der Waals surface area contributed by atoms with Crippen LogP contribution in [0.25, 0.3) is 0 Å². The highest BCUT2D eigenvalue weighted by Gasteiger charge is 2.35. The molecular formula is C11H20O2. The number of methoxy groups -OCH3 is 1. The molecule has 0 fully saturated rings. The quantitative estimate of drug-likeness (QED) is 0.468. The Balaban J connectivity index is 4.61. The molecule has 1 unspecified atom stereocenters. The molecule has 76 valence electrons. The molecule has 0 heterocycles. The van der Waals surface area contributed by atoms with Crippen LogP contribution in [-0.2, 0) is 9.53 Å². The molecule has 0 aliphatic heterocycles. The van der Waals surface area contributed by atoms with E-state index in [0.29, 0.717) is 6.42 Å². The van der Waals surface area contributed by atoms with Gasteiger partial charge in [-0.3, -0.25) is 4.79 Å². The van der Waals surface area contributed by atoms with Gasteiger partial charge in [0.2, 0.25) is 0 Å². The predicted molar refractivity (Wildman–Crippen MR) is 54.5 cm³/mol. The Bertz CT molecular complexity index is 175. The fraction of sp³-hybridized carbons (Fsp3) is 0.727. The Morgan fingerprint density at radius 2 is 2.15 bits per heavy atom. The van der Waals surface area contributed by atoms with Crippen LogP contribution in [0.5, 0.6) is 0 Å². The number of rotatable bonds is 6. The van der Waals surface area contributed by atoms with E-state index in [1.165, 1.54) is 7.11 Å². The second kappa shape index (κ2) is 5.79. The van der Waals surface area contributed by atoms with Crippen LogP contribution in [0, 0.1) is 5.41 Å². The molecule has 0 N–H and O–H groups in total. The van der Waals surface area contributed by atoms with Crippen LogP contribution in [0.2, 0.25) is 0 Å². The van der Waals surface area contributed by atoms with Gasteiger partial charge in [-0.25, -0.2) is 0 Å². The molecule has 0 spiro atoms. The van der Waals surface area contributed by atoms with Gasteiger partial charge in [0.05, 0.1) is 12.5 Å². The molecular weight excluding hydrogens is 164 g/mol. The molecule has 0 radical (unpaired) electrons. The second-order valence-corrected chi connectivity index (χ2v) is 3.37. The summed E-state index contributed by atoms with van der Waals surface area (Å²) in [5, 5.41) is 0. The molecule has 0 aliphatic carbocycles. The van der Waals surface area contributed by atoms with E-state index >= 15 is 0 Å². The van der Waals surface area contributed by atoms with Crippen molar-refractivity contribution in [2.24, 2.45) is 5.41 Å². The van der Waals surface area contributed by atoms with E-state index in [9.17, 15) is 4.79 Å². The summed E-state index contributed by atoms with van der Waals surface area (Å²) in [6.07, 6.45) is 5.21. The monoisotopic (exact) mass is 184 g/mol. The van der Waals surface area contributed by atoms with Gasteiger partial charge in [0.15, 0.2) is 0 Å². The first-order valence-electron chi connectivity index (χ1n) is 4.86. The standard InChI is InChI=1S/C11H20O2/c1-5-8-11(7-3,9-6-2)10(12)13-4/h5H,1,6-9H2,2-4H3. The van der Waals surface area contributed by atoms with Gasteiger partial charge < -0.3 is 4.74 Å². The maximum absolute atomic E-state index is 11.6. The largest absolute Gasteiger partial charge is 0.469 e. The molecule has 0 aromatic carbocycles. The minimum atomic E-state index is -0.328. The fourth-order valence-electron chi connectivity index (χ4n) is 1.72. The van der Waals surface area contributed by atoms with Crippen LogP contribution in [0.4, 0.5) is 0 Å². The van der Waals surface area contributed by atoms with E-state index in [1.54, 1.807) is 6.08 Å². The summed E-state index contributed by atoms with van der Waals surface area (Å²) in [6.45, 7) is 7.79. The number of ether oxygens (including phenoxy) is 1. The van der Waals surface area contributed by atoms with Crippen LogP contribution < -0.4 is 0 Å². The van der Waals surface area contributed by atoms with Crippen molar-refractivity contribution in [2.75, 3.05) is 7.11 Å². The fourth-order valence-corrected chi connectivity index (χ4v) is 1.72. The van der Waals surface area contributed by atoms with Crippen molar-refractivity contribution in [2.45, 2.75) is 39.5 Å². The highest BCUT2D eigenvalue weighted by Crippen LogP contribution is 2.33. The van der Waals surface area contributed by atoms with Crippen molar-refractivity contribution in [3.05, 3.63) is 12.7 Å². The SMILES string of the molecule is C=CCC(CC)(CCC)C(=O)OC. The summed E-state index contributed by atoms with van der Waals surface area (Å²) in [4.78, 5) is 11.6. The molecule has 0 saturated heterocycles. The third kappa shape index (κ3) is 2.87. The molecule has 0 aliphatic rings. The molecule has 0 saturated carbocycles. The molecule has 2 nitrogen and oxygen atoms in total. The van der Waals surface area contributed by atoms with Crippen molar-refractivity contribution >= 4 is 5.97 Å². The topological polar surface area (TPSA) is 26.3 Å². The van der Waals surface area contributed by atoms with Gasteiger partial charge in [0.1, 0.15) is 0 Å². The Morgan fingerprint density at radius 3 is 2.46 bits per heavy atom. The van der Waals surface area contributed by atoms with E-state index in [0.717, 1.165) is 19.3 Å². The average molecular weight is 184 g/mol. The lowest BCUT2D eigenvalue weighted by molar-refractivity contribution is -0.153. The van der Waals surface area contributed by atoms with Crippen LogP contribution in [-0.4, -0.2) is 13.1 Å². The van der Waals surface area contributed by atoms with Gasteiger partial charge in [-0.1, -0.05) is 26.3 Å². The Hall–Kier alpha value is -0.790. The highest BCUT2D eigenvalue weighted by atomic mass is 16.5. The van der Waals surface area contributed by atoms with Crippen LogP contribution in [0.1, 0.15) is 39.5 Å². The smallest absolute Gasteiger partial charge is 0.312 e. The van der Waals surface area contributed by atoms with Gasteiger partial charge in [-0.15, -0.1) is 6.58 Å². The highest BCUT2D eigenvalue weighted by molar-refractivity contribution is 5.76. The van der Waals surface area contributed by atoms with E-state index in [4.69, 9.17) is 4.74 Å². The molecule has 1 atom stereocenters. The van der Waals surface area contributed by atoms with Crippen LogP contribution >= 0.6 is 0 Å². The van der Waals surface area contributed by atoms with Crippen molar-refractivity contribution in [3.63, 3.8) is 0 Å². The average Bonchev–Trinajstić information content (AvgIpc) is 2.16. The maximum Gasteiger partial charge on any atom is 0.312 e. The Kier molecular flexibility index (Phi) is 5.44. The number of hydrogen-bond acceptors (Lipinski definition) is 2. The van der Waals surface area contributed by atoms with Crippen molar-refractivity contribution in [3.8, 4) is 0 Å². The first kappa shape index (κ1) is 12.2. The Labute approximate surface area is 81.0 Å². The summed E-state index contributed by atoms with van der Waals surface area (Å²) >= 11 is 0. The Morgan fingerprint density at radius 1 is 1.54 bits per heavy atom. The van der Waals surface area contributed by atoms with Gasteiger partial charge in [0, 0.05) is 0 Å². The molecule has 0 amide bonds. The summed E-state index contributed by atoms with van der Waals surface area (Å²) in [7, 11) is 1.45. The zero-order chi connectivity index (χ0) is 10.3. The molecule has 0 bridgehead atoms. The number of esters is 1. The summed E-state index contributed by atoms with van der Waals surface area (Å²) < 4.78 is 4.82. The maximum atomic E-state index is 11.6. The van der Waals surface area contributed by atoms with Gasteiger partial charge in [-0.05, 0) is 19.3 Å². The number of allylic oxidation sites excluding steroid dienone is 1. The molecule has 2 heteroatoms. The minimum absolute atomic E-state index is 0.100. The lowest BCUT2D eigenvalue weighted by Crippen LogP contribution is -2.31. The van der Waals surface area contributed by atoms with E-state index in [1.807, 2.05) is 6.92 Å². The van der Waals surface area contributed by atoms with Gasteiger partial charge in [-0.2, -0.15) is 0 Å². The minimum Gasteiger partial charge on any atom is -0.469 e. The lowest BCUT2D eigenvalue weighted by atomic mass is 9.78. The van der Waals surface area contributed by atoms with Crippen LogP contribution in [0.3, 0.4) is 0 Å². The summed E-state index contributed by atoms with van der Waals surface area (Å²) in [5.41, 5.74) is -0.328. The van der Waals surface area contributed by atoms with E-state index < -0.39 is 0 Å². The number of hydrogen-bond donors (Lipinski definition) is 0. The van der Waals surface area contributed by atoms with Gasteiger partial charge >= 0.3 is 5.97 Å². The molecule has 0 aromatic rings. The van der Waals surface area contributed by atoms with Crippen molar-refractivity contribution in [1.29, 1.82) is 0 Å². The number of carbonyl (C=O) groups excluding carboxylic acids is 1.